The maximum Gasteiger partial charge on any atom is 0.222 e. The predicted octanol–water partition coefficient (Wildman–Crippen LogP) is 3.78. The van der Waals surface area contributed by atoms with Gasteiger partial charge in [-0.25, -0.2) is 4.98 Å². The normalized spacial score (nSPS) is 23.1. The fraction of sp³-hybridized carbons (Fsp3) is 0.778. The Hall–Kier alpha value is -1.32. The lowest BCUT2D eigenvalue weighted by Crippen LogP contribution is -2.28. The molecule has 22 heavy (non-hydrogen) atoms. The van der Waals surface area contributed by atoms with Gasteiger partial charge in [0, 0.05) is 37.3 Å². The molecule has 4 nitrogen and oxygen atoms in total. The summed E-state index contributed by atoms with van der Waals surface area (Å²) >= 11 is 0. The fourth-order valence-electron chi connectivity index (χ4n) is 4.03. The van der Waals surface area contributed by atoms with E-state index in [0.717, 1.165) is 49.8 Å². The van der Waals surface area contributed by atoms with Crippen molar-refractivity contribution in [1.82, 2.24) is 14.9 Å². The molecular formula is C18H29N3O. The van der Waals surface area contributed by atoms with Crippen LogP contribution in [-0.2, 0) is 4.79 Å². The molecule has 0 aromatic carbocycles. The van der Waals surface area contributed by atoms with Crippen molar-refractivity contribution in [1.29, 1.82) is 0 Å². The van der Waals surface area contributed by atoms with Gasteiger partial charge < -0.3 is 9.88 Å². The van der Waals surface area contributed by atoms with E-state index in [4.69, 9.17) is 0 Å². The van der Waals surface area contributed by atoms with E-state index in [9.17, 15) is 4.79 Å². The molecule has 1 aliphatic heterocycles. The minimum Gasteiger partial charge on any atom is -0.346 e. The number of rotatable bonds is 5. The number of amides is 1. The highest BCUT2D eigenvalue weighted by molar-refractivity contribution is 5.76. The Balaban J connectivity index is 1.39. The molecule has 2 aliphatic rings. The van der Waals surface area contributed by atoms with Crippen molar-refractivity contribution in [2.45, 2.75) is 70.6 Å². The van der Waals surface area contributed by atoms with Crippen molar-refractivity contribution in [2.75, 3.05) is 13.1 Å². The van der Waals surface area contributed by atoms with Crippen LogP contribution in [0, 0.1) is 12.8 Å². The molecule has 1 aromatic rings. The number of aromatic amines is 1. The second kappa shape index (κ2) is 7.30. The summed E-state index contributed by atoms with van der Waals surface area (Å²) in [4.78, 5) is 22.1. The number of imidazole rings is 1. The summed E-state index contributed by atoms with van der Waals surface area (Å²) in [5, 5.41) is 0. The van der Waals surface area contributed by atoms with Gasteiger partial charge in [0.2, 0.25) is 5.91 Å². The molecule has 4 heteroatoms. The molecule has 1 amide bonds. The minimum atomic E-state index is 0.349. The molecule has 3 rings (SSSR count). The molecule has 122 valence electrons. The zero-order chi connectivity index (χ0) is 15.4. The molecule has 0 radical (unpaired) electrons. The SMILES string of the molecule is Cc1cnc([C@@H]2CCN(C(=O)CCCC3CCCCC3)C2)[nH]1. The monoisotopic (exact) mass is 303 g/mol. The van der Waals surface area contributed by atoms with Gasteiger partial charge in [0.25, 0.3) is 0 Å². The summed E-state index contributed by atoms with van der Waals surface area (Å²) < 4.78 is 0. The first-order valence-corrected chi connectivity index (χ1v) is 9.01. The Bertz CT molecular complexity index is 490. The van der Waals surface area contributed by atoms with Gasteiger partial charge in [-0.1, -0.05) is 32.1 Å². The molecule has 1 aliphatic carbocycles. The summed E-state index contributed by atoms with van der Waals surface area (Å²) in [5.41, 5.74) is 1.10. The second-order valence-corrected chi connectivity index (χ2v) is 7.17. The topological polar surface area (TPSA) is 49.0 Å². The quantitative estimate of drug-likeness (QED) is 0.899. The van der Waals surface area contributed by atoms with Crippen molar-refractivity contribution >= 4 is 5.91 Å². The first-order valence-electron chi connectivity index (χ1n) is 9.01. The largest absolute Gasteiger partial charge is 0.346 e. The van der Waals surface area contributed by atoms with Gasteiger partial charge >= 0.3 is 0 Å². The number of hydrogen-bond donors (Lipinski definition) is 1. The molecule has 2 fully saturated rings. The highest BCUT2D eigenvalue weighted by atomic mass is 16.2. The molecule has 1 saturated carbocycles. The summed E-state index contributed by atoms with van der Waals surface area (Å²) in [5.74, 6) is 2.69. The van der Waals surface area contributed by atoms with Crippen LogP contribution >= 0.6 is 0 Å². The Kier molecular flexibility index (Phi) is 5.16. The number of nitrogens with zero attached hydrogens (tertiary/aromatic N) is 2. The lowest BCUT2D eigenvalue weighted by Gasteiger charge is -2.22. The lowest BCUT2D eigenvalue weighted by atomic mass is 9.86. The van der Waals surface area contributed by atoms with E-state index in [1.54, 1.807) is 0 Å². The van der Waals surface area contributed by atoms with Crippen LogP contribution in [-0.4, -0.2) is 33.9 Å². The van der Waals surface area contributed by atoms with Crippen LogP contribution < -0.4 is 0 Å². The highest BCUT2D eigenvalue weighted by Gasteiger charge is 2.28. The summed E-state index contributed by atoms with van der Waals surface area (Å²) in [6.07, 6.45) is 13.0. The number of nitrogens with one attached hydrogen (secondary N) is 1. The maximum atomic E-state index is 12.4. The highest BCUT2D eigenvalue weighted by Crippen LogP contribution is 2.29. The van der Waals surface area contributed by atoms with Crippen LogP contribution in [0.15, 0.2) is 6.20 Å². The third-order valence-electron chi connectivity index (χ3n) is 5.38. The fourth-order valence-corrected chi connectivity index (χ4v) is 4.03. The Morgan fingerprint density at radius 3 is 2.86 bits per heavy atom. The molecule has 1 atom stereocenters. The van der Waals surface area contributed by atoms with Gasteiger partial charge in [-0.2, -0.15) is 0 Å². The molecule has 1 saturated heterocycles. The molecule has 0 unspecified atom stereocenters. The van der Waals surface area contributed by atoms with Crippen LogP contribution in [0.25, 0.3) is 0 Å². The van der Waals surface area contributed by atoms with Crippen molar-refractivity contribution in [2.24, 2.45) is 5.92 Å². The number of likely N-dealkylation sites (tertiary alicyclic amines) is 1. The summed E-state index contributed by atoms with van der Waals surface area (Å²) in [6, 6.07) is 0. The van der Waals surface area contributed by atoms with Gasteiger partial charge in [0.05, 0.1) is 0 Å². The molecular weight excluding hydrogens is 274 g/mol. The summed E-state index contributed by atoms with van der Waals surface area (Å²) in [6.45, 7) is 3.77. The first kappa shape index (κ1) is 15.6. The Labute approximate surface area is 133 Å². The van der Waals surface area contributed by atoms with E-state index in [1.807, 2.05) is 18.0 Å². The average molecular weight is 303 g/mol. The lowest BCUT2D eigenvalue weighted by molar-refractivity contribution is -0.130. The summed E-state index contributed by atoms with van der Waals surface area (Å²) in [7, 11) is 0. The molecule has 1 N–H and O–H groups in total. The minimum absolute atomic E-state index is 0.349. The third kappa shape index (κ3) is 3.90. The van der Waals surface area contributed by atoms with Gasteiger partial charge in [0.15, 0.2) is 0 Å². The van der Waals surface area contributed by atoms with Crippen molar-refractivity contribution in [3.63, 3.8) is 0 Å². The van der Waals surface area contributed by atoms with Gasteiger partial charge in [-0.15, -0.1) is 0 Å². The van der Waals surface area contributed by atoms with Crippen LogP contribution in [0.4, 0.5) is 0 Å². The van der Waals surface area contributed by atoms with E-state index in [1.165, 1.54) is 38.5 Å². The third-order valence-corrected chi connectivity index (χ3v) is 5.38. The molecule has 0 bridgehead atoms. The standard InChI is InChI=1S/C18H29N3O/c1-14-12-19-18(20-14)16-10-11-21(13-16)17(22)9-5-8-15-6-3-2-4-7-15/h12,15-16H,2-11,13H2,1H3,(H,19,20)/t16-/m1/s1. The number of aromatic nitrogens is 2. The maximum absolute atomic E-state index is 12.4. The average Bonchev–Trinajstić information content (AvgIpc) is 3.17. The molecule has 0 spiro atoms. The number of H-pyrrole nitrogens is 1. The molecule has 1 aromatic heterocycles. The zero-order valence-electron chi connectivity index (χ0n) is 13.8. The van der Waals surface area contributed by atoms with Gasteiger partial charge in [0.1, 0.15) is 5.82 Å². The van der Waals surface area contributed by atoms with E-state index in [-0.39, 0.29) is 0 Å². The first-order chi connectivity index (χ1) is 10.7. The van der Waals surface area contributed by atoms with Gasteiger partial charge in [-0.05, 0) is 32.1 Å². The van der Waals surface area contributed by atoms with Crippen LogP contribution in [0.1, 0.15) is 75.2 Å². The van der Waals surface area contributed by atoms with E-state index in [0.29, 0.717) is 11.8 Å². The van der Waals surface area contributed by atoms with Crippen molar-refractivity contribution in [3.05, 3.63) is 17.7 Å². The number of carbonyl (C=O) groups excluding carboxylic acids is 1. The van der Waals surface area contributed by atoms with Crippen molar-refractivity contribution < 1.29 is 4.79 Å². The van der Waals surface area contributed by atoms with E-state index >= 15 is 0 Å². The van der Waals surface area contributed by atoms with E-state index < -0.39 is 0 Å². The number of carbonyl (C=O) groups is 1. The Morgan fingerprint density at radius 2 is 2.14 bits per heavy atom. The van der Waals surface area contributed by atoms with Gasteiger partial charge in [-0.3, -0.25) is 4.79 Å². The predicted molar refractivity (Wildman–Crippen MR) is 87.7 cm³/mol. The second-order valence-electron chi connectivity index (χ2n) is 7.17. The van der Waals surface area contributed by atoms with Crippen LogP contribution in [0.2, 0.25) is 0 Å². The zero-order valence-corrected chi connectivity index (χ0v) is 13.8. The Morgan fingerprint density at radius 1 is 1.32 bits per heavy atom. The van der Waals surface area contributed by atoms with E-state index in [2.05, 4.69) is 9.97 Å². The van der Waals surface area contributed by atoms with Crippen LogP contribution in [0.5, 0.6) is 0 Å². The molecule has 2 heterocycles. The smallest absolute Gasteiger partial charge is 0.222 e. The van der Waals surface area contributed by atoms with Crippen LogP contribution in [0.3, 0.4) is 0 Å². The van der Waals surface area contributed by atoms with Crippen molar-refractivity contribution in [3.8, 4) is 0 Å². The number of hydrogen-bond acceptors (Lipinski definition) is 2. The number of aryl methyl sites for hydroxylation is 1.